The van der Waals surface area contributed by atoms with Crippen LogP contribution in [0.3, 0.4) is 0 Å². The van der Waals surface area contributed by atoms with Crippen LogP contribution in [0.1, 0.15) is 23.7 Å². The van der Waals surface area contributed by atoms with Gasteiger partial charge in [-0.15, -0.1) is 0 Å². The Bertz CT molecular complexity index is 651. The molecular weight excluding hydrogens is 302 g/mol. The van der Waals surface area contributed by atoms with Crippen LogP contribution in [0, 0.1) is 0 Å². The van der Waals surface area contributed by atoms with Gasteiger partial charge in [0.1, 0.15) is 5.75 Å². The number of anilines is 1. The summed E-state index contributed by atoms with van der Waals surface area (Å²) in [5.74, 6) is 0.501. The molecule has 1 N–H and O–H groups in total. The first kappa shape index (κ1) is 16.0. The van der Waals surface area contributed by atoms with Crippen LogP contribution in [-0.4, -0.2) is 18.3 Å². The van der Waals surface area contributed by atoms with E-state index in [1.807, 2.05) is 0 Å². The quantitative estimate of drug-likeness (QED) is 0.821. The SMILES string of the molecule is CC(=O)c1ccc(OCCC(=O)Nc2ccc(Cl)cc2)cc1. The third kappa shape index (κ3) is 4.90. The molecule has 0 aromatic heterocycles. The van der Waals surface area contributed by atoms with Gasteiger partial charge in [0, 0.05) is 16.3 Å². The molecule has 2 aromatic rings. The Hall–Kier alpha value is -2.33. The second-order valence-corrected chi connectivity index (χ2v) is 5.17. The van der Waals surface area contributed by atoms with Gasteiger partial charge in [-0.05, 0) is 55.5 Å². The normalized spacial score (nSPS) is 10.1. The highest BCUT2D eigenvalue weighted by atomic mass is 35.5. The Kier molecular flexibility index (Phi) is 5.55. The molecule has 2 rings (SSSR count). The van der Waals surface area contributed by atoms with Gasteiger partial charge in [-0.1, -0.05) is 11.6 Å². The zero-order valence-electron chi connectivity index (χ0n) is 12.1. The van der Waals surface area contributed by atoms with Gasteiger partial charge < -0.3 is 10.1 Å². The number of ketones is 1. The number of carbonyl (C=O) groups excluding carboxylic acids is 2. The van der Waals surface area contributed by atoms with Crippen molar-refractivity contribution in [3.8, 4) is 5.75 Å². The van der Waals surface area contributed by atoms with Gasteiger partial charge >= 0.3 is 0 Å². The Balaban J connectivity index is 1.77. The largest absolute Gasteiger partial charge is 0.493 e. The summed E-state index contributed by atoms with van der Waals surface area (Å²) in [7, 11) is 0. The van der Waals surface area contributed by atoms with Gasteiger partial charge in [-0.25, -0.2) is 0 Å². The van der Waals surface area contributed by atoms with Crippen LogP contribution in [0.25, 0.3) is 0 Å². The maximum Gasteiger partial charge on any atom is 0.227 e. The van der Waals surface area contributed by atoms with E-state index in [-0.39, 0.29) is 24.7 Å². The van der Waals surface area contributed by atoms with Gasteiger partial charge in [0.2, 0.25) is 5.91 Å². The lowest BCUT2D eigenvalue weighted by atomic mass is 10.1. The number of amides is 1. The molecule has 5 heteroatoms. The molecule has 0 saturated carbocycles. The van der Waals surface area contributed by atoms with E-state index in [4.69, 9.17) is 16.3 Å². The predicted molar refractivity (Wildman–Crippen MR) is 86.6 cm³/mol. The summed E-state index contributed by atoms with van der Waals surface area (Å²) < 4.78 is 5.47. The van der Waals surface area contributed by atoms with Crippen LogP contribution >= 0.6 is 11.6 Å². The highest BCUT2D eigenvalue weighted by molar-refractivity contribution is 6.30. The highest BCUT2D eigenvalue weighted by Gasteiger charge is 2.04. The van der Waals surface area contributed by atoms with Crippen molar-refractivity contribution in [1.82, 2.24) is 0 Å². The zero-order valence-corrected chi connectivity index (χ0v) is 12.9. The van der Waals surface area contributed by atoms with E-state index in [2.05, 4.69) is 5.32 Å². The van der Waals surface area contributed by atoms with E-state index < -0.39 is 0 Å². The molecular formula is C17H16ClNO3. The molecule has 0 spiro atoms. The number of nitrogens with one attached hydrogen (secondary N) is 1. The molecule has 0 radical (unpaired) electrons. The Morgan fingerprint density at radius 2 is 1.68 bits per heavy atom. The summed E-state index contributed by atoms with van der Waals surface area (Å²) in [6.07, 6.45) is 0.233. The van der Waals surface area contributed by atoms with Crippen LogP contribution in [0.4, 0.5) is 5.69 Å². The van der Waals surface area contributed by atoms with Crippen molar-refractivity contribution in [3.63, 3.8) is 0 Å². The van der Waals surface area contributed by atoms with E-state index in [9.17, 15) is 9.59 Å². The van der Waals surface area contributed by atoms with Gasteiger partial charge in [-0.3, -0.25) is 9.59 Å². The minimum atomic E-state index is -0.136. The van der Waals surface area contributed by atoms with Gasteiger partial charge in [0.15, 0.2) is 5.78 Å². The van der Waals surface area contributed by atoms with Crippen molar-refractivity contribution in [2.24, 2.45) is 0 Å². The molecule has 0 heterocycles. The first-order valence-electron chi connectivity index (χ1n) is 6.84. The lowest BCUT2D eigenvalue weighted by Gasteiger charge is -2.08. The number of Topliss-reactive ketones (excluding diaryl/α,β-unsaturated/α-hetero) is 1. The van der Waals surface area contributed by atoms with Crippen molar-refractivity contribution in [2.45, 2.75) is 13.3 Å². The monoisotopic (exact) mass is 317 g/mol. The van der Waals surface area contributed by atoms with E-state index in [0.29, 0.717) is 22.0 Å². The summed E-state index contributed by atoms with van der Waals surface area (Å²) in [4.78, 5) is 22.9. The molecule has 0 bridgehead atoms. The fourth-order valence-electron chi connectivity index (χ4n) is 1.80. The lowest BCUT2D eigenvalue weighted by molar-refractivity contribution is -0.116. The minimum absolute atomic E-state index is 0.00823. The van der Waals surface area contributed by atoms with Gasteiger partial charge in [-0.2, -0.15) is 0 Å². The average molecular weight is 318 g/mol. The summed E-state index contributed by atoms with van der Waals surface area (Å²) in [5.41, 5.74) is 1.33. The predicted octanol–water partition coefficient (Wildman–Crippen LogP) is 3.95. The van der Waals surface area contributed by atoms with Gasteiger partial charge in [0.05, 0.1) is 13.0 Å². The van der Waals surface area contributed by atoms with Crippen LogP contribution < -0.4 is 10.1 Å². The van der Waals surface area contributed by atoms with Crippen molar-refractivity contribution < 1.29 is 14.3 Å². The number of halogens is 1. The summed E-state index contributed by atoms with van der Waals surface area (Å²) in [6, 6.07) is 13.7. The number of hydrogen-bond donors (Lipinski definition) is 1. The van der Waals surface area contributed by atoms with E-state index >= 15 is 0 Å². The van der Waals surface area contributed by atoms with Crippen molar-refractivity contribution >= 4 is 29.0 Å². The molecule has 2 aromatic carbocycles. The molecule has 22 heavy (non-hydrogen) atoms. The molecule has 114 valence electrons. The molecule has 0 aliphatic carbocycles. The lowest BCUT2D eigenvalue weighted by Crippen LogP contribution is -2.15. The Morgan fingerprint density at radius 3 is 2.27 bits per heavy atom. The number of rotatable bonds is 6. The number of ether oxygens (including phenoxy) is 1. The van der Waals surface area contributed by atoms with Crippen molar-refractivity contribution in [1.29, 1.82) is 0 Å². The third-order valence-electron chi connectivity index (χ3n) is 2.99. The number of benzene rings is 2. The van der Waals surface area contributed by atoms with E-state index in [1.165, 1.54) is 6.92 Å². The molecule has 0 unspecified atom stereocenters. The van der Waals surface area contributed by atoms with Crippen LogP contribution in [0.2, 0.25) is 5.02 Å². The fraction of sp³-hybridized carbons (Fsp3) is 0.176. The number of hydrogen-bond acceptors (Lipinski definition) is 3. The Labute approximate surface area is 134 Å². The fourth-order valence-corrected chi connectivity index (χ4v) is 1.93. The second kappa shape index (κ2) is 7.61. The third-order valence-corrected chi connectivity index (χ3v) is 3.24. The van der Waals surface area contributed by atoms with Crippen LogP contribution in [0.5, 0.6) is 5.75 Å². The maximum absolute atomic E-state index is 11.8. The highest BCUT2D eigenvalue weighted by Crippen LogP contribution is 2.14. The zero-order chi connectivity index (χ0) is 15.9. The van der Waals surface area contributed by atoms with E-state index in [0.717, 1.165) is 0 Å². The Morgan fingerprint density at radius 1 is 1.05 bits per heavy atom. The standard InChI is InChI=1S/C17H16ClNO3/c1-12(20)13-2-8-16(9-3-13)22-11-10-17(21)19-15-6-4-14(18)5-7-15/h2-9H,10-11H2,1H3,(H,19,21). The molecule has 0 atom stereocenters. The first-order valence-corrected chi connectivity index (χ1v) is 7.21. The van der Waals surface area contributed by atoms with Crippen LogP contribution in [0.15, 0.2) is 48.5 Å². The van der Waals surface area contributed by atoms with Crippen molar-refractivity contribution in [3.05, 3.63) is 59.1 Å². The minimum Gasteiger partial charge on any atom is -0.493 e. The summed E-state index contributed by atoms with van der Waals surface area (Å²) in [6.45, 7) is 1.77. The molecule has 1 amide bonds. The topological polar surface area (TPSA) is 55.4 Å². The maximum atomic E-state index is 11.8. The molecule has 0 saturated heterocycles. The molecule has 0 aliphatic rings. The first-order chi connectivity index (χ1) is 10.5. The van der Waals surface area contributed by atoms with E-state index in [1.54, 1.807) is 48.5 Å². The smallest absolute Gasteiger partial charge is 0.227 e. The average Bonchev–Trinajstić information content (AvgIpc) is 2.50. The van der Waals surface area contributed by atoms with Crippen molar-refractivity contribution in [2.75, 3.05) is 11.9 Å². The molecule has 0 aliphatic heterocycles. The molecule has 4 nitrogen and oxygen atoms in total. The summed E-state index contributed by atoms with van der Waals surface area (Å²) >= 11 is 5.78. The molecule has 0 fully saturated rings. The number of carbonyl (C=O) groups is 2. The second-order valence-electron chi connectivity index (χ2n) is 4.73. The van der Waals surface area contributed by atoms with Crippen LogP contribution in [-0.2, 0) is 4.79 Å². The summed E-state index contributed by atoms with van der Waals surface area (Å²) in [5, 5.41) is 3.38. The van der Waals surface area contributed by atoms with Gasteiger partial charge in [0.25, 0.3) is 0 Å².